The smallest absolute Gasteiger partial charge is 0.229 e. The van der Waals surface area contributed by atoms with E-state index in [0.717, 1.165) is 36.7 Å². The van der Waals surface area contributed by atoms with Crippen LogP contribution in [0.5, 0.6) is 0 Å². The zero-order valence-corrected chi connectivity index (χ0v) is 13.0. The predicted molar refractivity (Wildman–Crippen MR) is 86.4 cm³/mol. The van der Waals surface area contributed by atoms with Crippen LogP contribution >= 0.6 is 0 Å². The molecule has 3 atom stereocenters. The quantitative estimate of drug-likeness (QED) is 0.821. The Morgan fingerprint density at radius 3 is 2.79 bits per heavy atom. The van der Waals surface area contributed by atoms with Crippen LogP contribution in [0.3, 0.4) is 0 Å². The summed E-state index contributed by atoms with van der Waals surface area (Å²) >= 11 is 0. The number of rotatable bonds is 1. The third-order valence-electron chi connectivity index (χ3n) is 4.77. The van der Waals surface area contributed by atoms with Crippen LogP contribution in [0.2, 0.25) is 0 Å². The molecule has 0 aromatic carbocycles. The molecule has 2 aromatic rings. The van der Waals surface area contributed by atoms with Crippen molar-refractivity contribution >= 4 is 5.91 Å². The van der Waals surface area contributed by atoms with E-state index in [1.54, 1.807) is 6.20 Å². The van der Waals surface area contributed by atoms with Crippen LogP contribution in [0.15, 0.2) is 36.8 Å². The van der Waals surface area contributed by atoms with E-state index in [0.29, 0.717) is 17.5 Å². The molecule has 2 aliphatic rings. The van der Waals surface area contributed by atoms with Gasteiger partial charge in [0.15, 0.2) is 0 Å². The lowest BCUT2D eigenvalue weighted by Gasteiger charge is -2.14. The topological polar surface area (TPSA) is 54.9 Å². The van der Waals surface area contributed by atoms with Crippen molar-refractivity contribution in [3.8, 4) is 11.8 Å². The summed E-state index contributed by atoms with van der Waals surface area (Å²) in [6.07, 6.45) is 7.63. The maximum Gasteiger partial charge on any atom is 0.229 e. The molecule has 4 nitrogen and oxygen atoms in total. The first-order valence-electron chi connectivity index (χ1n) is 8.09. The number of amides is 1. The lowest BCUT2D eigenvalue weighted by Crippen LogP contribution is -2.25. The van der Waals surface area contributed by atoms with Crippen molar-refractivity contribution in [2.45, 2.75) is 31.2 Å². The summed E-state index contributed by atoms with van der Waals surface area (Å²) in [6.45, 7) is 0. The standard InChI is InChI=1S/C19H16FN3O/c20-14-8-13(9-21-11-14)5-4-12-6-7-17(22-10-12)18-15-2-1-3-16(15)23-19(18)24/h6-11,15-16,18H,1-3H2,(H,23,24). The highest BCUT2D eigenvalue weighted by atomic mass is 19.1. The predicted octanol–water partition coefficient (Wildman–Crippen LogP) is 2.40. The number of aromatic nitrogens is 2. The number of halogens is 1. The summed E-state index contributed by atoms with van der Waals surface area (Å²) in [5, 5.41) is 3.08. The Kier molecular flexibility index (Phi) is 3.73. The first-order valence-corrected chi connectivity index (χ1v) is 8.09. The summed E-state index contributed by atoms with van der Waals surface area (Å²) in [6, 6.07) is 5.38. The van der Waals surface area contributed by atoms with Gasteiger partial charge in [0.2, 0.25) is 5.91 Å². The summed E-state index contributed by atoms with van der Waals surface area (Å²) in [5.41, 5.74) is 2.05. The van der Waals surface area contributed by atoms with Crippen LogP contribution in [-0.4, -0.2) is 21.9 Å². The number of nitrogens with one attached hydrogen (secondary N) is 1. The molecular formula is C19H16FN3O. The van der Waals surface area contributed by atoms with Crippen molar-refractivity contribution in [1.82, 2.24) is 15.3 Å². The van der Waals surface area contributed by atoms with Gasteiger partial charge in [-0.15, -0.1) is 0 Å². The van der Waals surface area contributed by atoms with E-state index < -0.39 is 5.82 Å². The Hall–Kier alpha value is -2.74. The van der Waals surface area contributed by atoms with Gasteiger partial charge in [-0.05, 0) is 37.0 Å². The van der Waals surface area contributed by atoms with Crippen LogP contribution in [0.1, 0.15) is 42.0 Å². The van der Waals surface area contributed by atoms with Gasteiger partial charge in [0.05, 0.1) is 17.8 Å². The van der Waals surface area contributed by atoms with E-state index in [1.807, 2.05) is 12.1 Å². The molecular weight excluding hydrogens is 305 g/mol. The van der Waals surface area contributed by atoms with E-state index in [4.69, 9.17) is 0 Å². The molecule has 1 N–H and O–H groups in total. The van der Waals surface area contributed by atoms with Crippen LogP contribution in [0, 0.1) is 23.6 Å². The number of pyridine rings is 2. The molecule has 1 amide bonds. The van der Waals surface area contributed by atoms with E-state index in [1.165, 1.54) is 12.3 Å². The molecule has 24 heavy (non-hydrogen) atoms. The molecule has 1 saturated carbocycles. The molecule has 0 spiro atoms. The summed E-state index contributed by atoms with van der Waals surface area (Å²) in [7, 11) is 0. The Labute approximate surface area is 139 Å². The second kappa shape index (κ2) is 6.04. The van der Waals surface area contributed by atoms with Crippen molar-refractivity contribution in [3.63, 3.8) is 0 Å². The highest BCUT2D eigenvalue weighted by molar-refractivity contribution is 5.86. The molecule has 2 aromatic heterocycles. The monoisotopic (exact) mass is 321 g/mol. The zero-order valence-electron chi connectivity index (χ0n) is 13.0. The minimum Gasteiger partial charge on any atom is -0.352 e. The van der Waals surface area contributed by atoms with Gasteiger partial charge >= 0.3 is 0 Å². The lowest BCUT2D eigenvalue weighted by atomic mass is 9.89. The van der Waals surface area contributed by atoms with Gasteiger partial charge in [-0.3, -0.25) is 14.8 Å². The third kappa shape index (κ3) is 2.76. The molecule has 5 heteroatoms. The zero-order chi connectivity index (χ0) is 16.5. The van der Waals surface area contributed by atoms with E-state index in [9.17, 15) is 9.18 Å². The first kappa shape index (κ1) is 14.8. The third-order valence-corrected chi connectivity index (χ3v) is 4.77. The number of fused-ring (bicyclic) bond motifs is 1. The number of carbonyl (C=O) groups is 1. The molecule has 4 rings (SSSR count). The normalized spacial score (nSPS) is 24.9. The van der Waals surface area contributed by atoms with Gasteiger partial charge in [-0.1, -0.05) is 18.3 Å². The fourth-order valence-electron chi connectivity index (χ4n) is 3.68. The molecule has 1 aliphatic carbocycles. The number of nitrogens with zero attached hydrogens (tertiary/aromatic N) is 2. The maximum atomic E-state index is 13.1. The van der Waals surface area contributed by atoms with Gasteiger partial charge in [0.1, 0.15) is 5.82 Å². The molecule has 1 aliphatic heterocycles. The maximum absolute atomic E-state index is 13.1. The van der Waals surface area contributed by atoms with Crippen molar-refractivity contribution in [3.05, 3.63) is 59.4 Å². The van der Waals surface area contributed by atoms with Crippen LogP contribution < -0.4 is 5.32 Å². The van der Waals surface area contributed by atoms with Crippen molar-refractivity contribution in [1.29, 1.82) is 0 Å². The van der Waals surface area contributed by atoms with Gasteiger partial charge in [-0.2, -0.15) is 0 Å². The van der Waals surface area contributed by atoms with Crippen molar-refractivity contribution < 1.29 is 9.18 Å². The highest BCUT2D eigenvalue weighted by Gasteiger charge is 2.45. The number of hydrogen-bond acceptors (Lipinski definition) is 3. The van der Waals surface area contributed by atoms with Gasteiger partial charge < -0.3 is 5.32 Å². The Bertz CT molecular complexity index is 838. The fourth-order valence-corrected chi connectivity index (χ4v) is 3.68. The Morgan fingerprint density at radius 2 is 2.00 bits per heavy atom. The largest absolute Gasteiger partial charge is 0.352 e. The second-order valence-corrected chi connectivity index (χ2v) is 6.30. The van der Waals surface area contributed by atoms with Crippen molar-refractivity contribution in [2.24, 2.45) is 5.92 Å². The minimum atomic E-state index is -0.409. The average Bonchev–Trinajstić information content (AvgIpc) is 3.14. The average molecular weight is 321 g/mol. The van der Waals surface area contributed by atoms with Gasteiger partial charge in [0.25, 0.3) is 0 Å². The van der Waals surface area contributed by atoms with Crippen LogP contribution in [0.25, 0.3) is 0 Å². The molecule has 0 radical (unpaired) electrons. The minimum absolute atomic E-state index is 0.0851. The molecule has 1 saturated heterocycles. The Morgan fingerprint density at radius 1 is 1.12 bits per heavy atom. The van der Waals surface area contributed by atoms with Gasteiger partial charge in [-0.25, -0.2) is 4.39 Å². The molecule has 0 bridgehead atoms. The summed E-state index contributed by atoms with van der Waals surface area (Å²) in [5.74, 6) is 5.70. The molecule has 120 valence electrons. The molecule has 3 unspecified atom stereocenters. The lowest BCUT2D eigenvalue weighted by molar-refractivity contribution is -0.121. The van der Waals surface area contributed by atoms with Crippen LogP contribution in [-0.2, 0) is 4.79 Å². The van der Waals surface area contributed by atoms with E-state index >= 15 is 0 Å². The van der Waals surface area contributed by atoms with Crippen molar-refractivity contribution in [2.75, 3.05) is 0 Å². The Balaban J connectivity index is 1.54. The van der Waals surface area contributed by atoms with Gasteiger partial charge in [0, 0.05) is 29.6 Å². The van der Waals surface area contributed by atoms with E-state index in [-0.39, 0.29) is 11.8 Å². The van der Waals surface area contributed by atoms with E-state index in [2.05, 4.69) is 27.1 Å². The molecule has 3 heterocycles. The fraction of sp³-hybridized carbons (Fsp3) is 0.316. The highest BCUT2D eigenvalue weighted by Crippen LogP contribution is 2.41. The summed E-state index contributed by atoms with van der Waals surface area (Å²) < 4.78 is 13.1. The molecule has 2 fully saturated rings. The number of carbonyl (C=O) groups excluding carboxylic acids is 1. The first-order chi connectivity index (χ1) is 11.7. The number of hydrogen-bond donors (Lipinski definition) is 1. The summed E-state index contributed by atoms with van der Waals surface area (Å²) in [4.78, 5) is 20.4. The second-order valence-electron chi connectivity index (χ2n) is 6.30. The SMILES string of the molecule is O=C1NC2CCCC2C1c1ccc(C#Cc2cncc(F)c2)cn1. The van der Waals surface area contributed by atoms with Crippen LogP contribution in [0.4, 0.5) is 4.39 Å².